The van der Waals surface area contributed by atoms with Crippen molar-refractivity contribution in [1.82, 2.24) is 0 Å². The van der Waals surface area contributed by atoms with E-state index in [0.29, 0.717) is 11.3 Å². The number of benzene rings is 3. The fourth-order valence-electron chi connectivity index (χ4n) is 2.89. The van der Waals surface area contributed by atoms with Crippen LogP contribution in [0.15, 0.2) is 71.2 Å². The Kier molecular flexibility index (Phi) is 7.84. The fraction of sp³-hybridized carbons (Fsp3) is 0.200. The van der Waals surface area contributed by atoms with Gasteiger partial charge in [-0.15, -0.1) is 0 Å². The summed E-state index contributed by atoms with van der Waals surface area (Å²) >= 11 is 3.33. The highest BCUT2D eigenvalue weighted by atomic mass is 79.9. The molecule has 0 aliphatic heterocycles. The van der Waals surface area contributed by atoms with Gasteiger partial charge in [0, 0.05) is 4.47 Å². The van der Waals surface area contributed by atoms with Gasteiger partial charge in [-0.25, -0.2) is 9.59 Å². The van der Waals surface area contributed by atoms with Crippen LogP contribution in [0.2, 0.25) is 0 Å². The minimum Gasteiger partial charge on any atom is -0.493 e. The van der Waals surface area contributed by atoms with E-state index in [1.54, 1.807) is 36.4 Å². The second-order valence-electron chi connectivity index (χ2n) is 6.90. The van der Waals surface area contributed by atoms with Crippen molar-refractivity contribution < 1.29 is 23.8 Å². The Morgan fingerprint density at radius 2 is 1.45 bits per heavy atom. The van der Waals surface area contributed by atoms with E-state index in [2.05, 4.69) is 22.9 Å². The third-order valence-corrected chi connectivity index (χ3v) is 5.16. The number of unbranched alkanes of at least 4 members (excludes halogenated alkanes) is 1. The van der Waals surface area contributed by atoms with Gasteiger partial charge in [0.1, 0.15) is 5.75 Å². The van der Waals surface area contributed by atoms with E-state index in [-0.39, 0.29) is 17.1 Å². The normalized spacial score (nSPS) is 10.4. The first-order chi connectivity index (χ1) is 15.0. The van der Waals surface area contributed by atoms with E-state index in [0.717, 1.165) is 23.7 Å². The van der Waals surface area contributed by atoms with Gasteiger partial charge in [-0.3, -0.25) is 0 Å². The van der Waals surface area contributed by atoms with Gasteiger partial charge < -0.3 is 14.2 Å². The Bertz CT molecular complexity index is 1040. The number of hydrogen-bond donors (Lipinski definition) is 0. The molecule has 3 rings (SSSR count). The molecule has 0 unspecified atom stereocenters. The molecule has 0 heterocycles. The summed E-state index contributed by atoms with van der Waals surface area (Å²) < 4.78 is 17.0. The van der Waals surface area contributed by atoms with E-state index in [1.165, 1.54) is 30.9 Å². The van der Waals surface area contributed by atoms with Crippen molar-refractivity contribution in [1.29, 1.82) is 0 Å². The second-order valence-corrected chi connectivity index (χ2v) is 7.81. The Hall–Kier alpha value is -3.12. The van der Waals surface area contributed by atoms with Crippen molar-refractivity contribution in [2.75, 3.05) is 7.11 Å². The summed E-state index contributed by atoms with van der Waals surface area (Å²) in [7, 11) is 1.44. The van der Waals surface area contributed by atoms with Crippen LogP contribution in [0.5, 0.6) is 17.2 Å². The van der Waals surface area contributed by atoms with Crippen LogP contribution >= 0.6 is 15.9 Å². The summed E-state index contributed by atoms with van der Waals surface area (Å²) in [5.74, 6) is -0.105. The topological polar surface area (TPSA) is 61.8 Å². The van der Waals surface area contributed by atoms with E-state index in [1.807, 2.05) is 12.1 Å². The zero-order valence-corrected chi connectivity index (χ0v) is 19.0. The molecule has 0 amide bonds. The maximum Gasteiger partial charge on any atom is 0.343 e. The molecule has 160 valence electrons. The molecule has 6 heteroatoms. The van der Waals surface area contributed by atoms with Crippen LogP contribution in [-0.2, 0) is 6.42 Å². The van der Waals surface area contributed by atoms with Crippen molar-refractivity contribution in [3.05, 3.63) is 87.9 Å². The average Bonchev–Trinajstić information content (AvgIpc) is 2.79. The zero-order valence-electron chi connectivity index (χ0n) is 17.4. The number of hydrogen-bond acceptors (Lipinski definition) is 5. The fourth-order valence-corrected chi connectivity index (χ4v) is 3.16. The maximum atomic E-state index is 12.5. The van der Waals surface area contributed by atoms with Crippen molar-refractivity contribution in [3.8, 4) is 17.2 Å². The van der Waals surface area contributed by atoms with Crippen LogP contribution in [0, 0.1) is 0 Å². The predicted molar refractivity (Wildman–Crippen MR) is 122 cm³/mol. The molecule has 0 aliphatic rings. The zero-order chi connectivity index (χ0) is 22.2. The lowest BCUT2D eigenvalue weighted by Crippen LogP contribution is -2.11. The van der Waals surface area contributed by atoms with Gasteiger partial charge in [0.25, 0.3) is 0 Å². The van der Waals surface area contributed by atoms with Crippen LogP contribution in [0.25, 0.3) is 0 Å². The minimum absolute atomic E-state index is 0.215. The van der Waals surface area contributed by atoms with Gasteiger partial charge in [0.15, 0.2) is 11.5 Å². The third kappa shape index (κ3) is 6.18. The summed E-state index contributed by atoms with van der Waals surface area (Å²) in [6, 6.07) is 18.8. The summed E-state index contributed by atoms with van der Waals surface area (Å²) in [5, 5.41) is 0. The number of methoxy groups -OCH3 is 1. The standard InChI is InChI=1S/C25H23BrO5/c1-3-4-5-17-6-13-21(14-7-17)30-25(28)19-10-15-22(23(16-19)29-2)31-24(27)18-8-11-20(26)12-9-18/h6-16H,3-5H2,1-2H3. The summed E-state index contributed by atoms with van der Waals surface area (Å²) in [5.41, 5.74) is 1.90. The van der Waals surface area contributed by atoms with Crippen LogP contribution in [-0.4, -0.2) is 19.0 Å². The number of aryl methyl sites for hydroxylation is 1. The molecule has 0 atom stereocenters. The van der Waals surface area contributed by atoms with Gasteiger partial charge in [-0.05, 0) is 73.0 Å². The average molecular weight is 483 g/mol. The second kappa shape index (κ2) is 10.8. The lowest BCUT2D eigenvalue weighted by atomic mass is 10.1. The SMILES string of the molecule is CCCCc1ccc(OC(=O)c2ccc(OC(=O)c3ccc(Br)cc3)c(OC)c2)cc1. The van der Waals surface area contributed by atoms with Crippen molar-refractivity contribution in [2.45, 2.75) is 26.2 Å². The summed E-state index contributed by atoms with van der Waals surface area (Å²) in [6.07, 6.45) is 3.26. The minimum atomic E-state index is -0.524. The van der Waals surface area contributed by atoms with Gasteiger partial charge in [-0.2, -0.15) is 0 Å². The highest BCUT2D eigenvalue weighted by molar-refractivity contribution is 9.10. The van der Waals surface area contributed by atoms with Crippen LogP contribution in [0.3, 0.4) is 0 Å². The summed E-state index contributed by atoms with van der Waals surface area (Å²) in [6.45, 7) is 2.15. The van der Waals surface area contributed by atoms with E-state index < -0.39 is 11.9 Å². The quantitative estimate of drug-likeness (QED) is 0.281. The highest BCUT2D eigenvalue weighted by Crippen LogP contribution is 2.29. The largest absolute Gasteiger partial charge is 0.493 e. The molecule has 3 aromatic rings. The number of rotatable bonds is 8. The monoisotopic (exact) mass is 482 g/mol. The molecule has 0 fully saturated rings. The van der Waals surface area contributed by atoms with E-state index in [9.17, 15) is 9.59 Å². The molecule has 0 aromatic heterocycles. The van der Waals surface area contributed by atoms with Crippen molar-refractivity contribution in [3.63, 3.8) is 0 Å². The first-order valence-electron chi connectivity index (χ1n) is 9.97. The van der Waals surface area contributed by atoms with E-state index in [4.69, 9.17) is 14.2 Å². The number of ether oxygens (including phenoxy) is 3. The molecule has 5 nitrogen and oxygen atoms in total. The van der Waals surface area contributed by atoms with Crippen LogP contribution < -0.4 is 14.2 Å². The Morgan fingerprint density at radius 1 is 0.806 bits per heavy atom. The Labute approximate surface area is 190 Å². The molecule has 0 radical (unpaired) electrons. The van der Waals surface area contributed by atoms with Crippen LogP contribution in [0.4, 0.5) is 0 Å². The molecule has 0 saturated carbocycles. The molecular weight excluding hydrogens is 460 g/mol. The molecule has 0 bridgehead atoms. The highest BCUT2D eigenvalue weighted by Gasteiger charge is 2.16. The van der Waals surface area contributed by atoms with Gasteiger partial charge in [0.05, 0.1) is 18.2 Å². The number of carbonyl (C=O) groups is 2. The Morgan fingerprint density at radius 3 is 2.10 bits per heavy atom. The Balaban J connectivity index is 1.69. The molecule has 0 saturated heterocycles. The smallest absolute Gasteiger partial charge is 0.343 e. The summed E-state index contributed by atoms with van der Waals surface area (Å²) in [4.78, 5) is 24.9. The van der Waals surface area contributed by atoms with Gasteiger partial charge >= 0.3 is 11.9 Å². The molecule has 3 aromatic carbocycles. The lowest BCUT2D eigenvalue weighted by Gasteiger charge is -2.11. The van der Waals surface area contributed by atoms with Crippen molar-refractivity contribution >= 4 is 27.9 Å². The lowest BCUT2D eigenvalue weighted by molar-refractivity contribution is 0.0728. The maximum absolute atomic E-state index is 12.5. The third-order valence-electron chi connectivity index (χ3n) is 4.63. The van der Waals surface area contributed by atoms with Gasteiger partial charge in [0.2, 0.25) is 0 Å². The molecule has 0 N–H and O–H groups in total. The van der Waals surface area contributed by atoms with Crippen LogP contribution in [0.1, 0.15) is 46.0 Å². The van der Waals surface area contributed by atoms with Gasteiger partial charge in [-0.1, -0.05) is 41.4 Å². The number of carbonyl (C=O) groups excluding carboxylic acids is 2. The molecule has 31 heavy (non-hydrogen) atoms. The predicted octanol–water partition coefficient (Wildman–Crippen LogP) is 6.24. The van der Waals surface area contributed by atoms with E-state index >= 15 is 0 Å². The molecule has 0 spiro atoms. The number of esters is 2. The van der Waals surface area contributed by atoms with Crippen molar-refractivity contribution in [2.24, 2.45) is 0 Å². The first kappa shape index (κ1) is 22.6. The number of halogens is 1. The first-order valence-corrected chi connectivity index (χ1v) is 10.8. The molecular formula is C25H23BrO5. The molecule has 0 aliphatic carbocycles.